The minimum atomic E-state index is -4.52. The van der Waals surface area contributed by atoms with Crippen LogP contribution >= 0.6 is 0 Å². The van der Waals surface area contributed by atoms with E-state index in [4.69, 9.17) is 9.47 Å². The van der Waals surface area contributed by atoms with Crippen molar-refractivity contribution in [3.05, 3.63) is 64.2 Å². The molecule has 6 atom stereocenters. The van der Waals surface area contributed by atoms with Crippen molar-refractivity contribution in [2.75, 3.05) is 19.8 Å². The summed E-state index contributed by atoms with van der Waals surface area (Å²) in [5, 5.41) is 42.5. The van der Waals surface area contributed by atoms with Gasteiger partial charge < -0.3 is 34.9 Å². The van der Waals surface area contributed by atoms with Gasteiger partial charge in [-0.25, -0.2) is 4.79 Å². The number of allylic oxidation sites excluding steroid dienone is 2. The Kier molecular flexibility index (Phi) is 14.4. The molecule has 0 saturated heterocycles. The first-order valence-electron chi connectivity index (χ1n) is 13.7. The number of aliphatic hydroxyl groups is 3. The average molecular weight is 619 g/mol. The fourth-order valence-electron chi connectivity index (χ4n) is 4.47. The zero-order chi connectivity index (χ0) is 32.0. The number of halogens is 3. The van der Waals surface area contributed by atoms with E-state index in [2.05, 4.69) is 10.2 Å². The highest BCUT2D eigenvalue weighted by atomic mass is 19.4. The Balaban J connectivity index is 1.73. The van der Waals surface area contributed by atoms with Gasteiger partial charge in [0, 0.05) is 18.8 Å². The molecule has 0 heterocycles. The van der Waals surface area contributed by atoms with Gasteiger partial charge >= 0.3 is 12.1 Å². The summed E-state index contributed by atoms with van der Waals surface area (Å²) in [5.74, 6) is -1.99. The second-order valence-corrected chi connectivity index (χ2v) is 10.0. The number of rotatable bonds is 17. The van der Waals surface area contributed by atoms with Gasteiger partial charge in [0.1, 0.15) is 37.7 Å². The number of unbranched alkanes of at least 4 members (excludes halogenated alkanes) is 1. The number of aliphatic hydroxyl groups excluding tert-OH is 3. The summed E-state index contributed by atoms with van der Waals surface area (Å²) in [5.41, 5.74) is -0.870. The number of hydrogen-bond donors (Lipinski definition) is 4. The molecule has 2 rings (SSSR count). The topological polar surface area (TPSA) is 178 Å². The van der Waals surface area contributed by atoms with Gasteiger partial charge in [-0.2, -0.15) is 13.2 Å². The van der Waals surface area contributed by atoms with Gasteiger partial charge in [0.2, 0.25) is 5.91 Å². The van der Waals surface area contributed by atoms with E-state index in [9.17, 15) is 48.2 Å². The van der Waals surface area contributed by atoms with Crippen LogP contribution in [0.1, 0.15) is 44.6 Å². The van der Waals surface area contributed by atoms with E-state index < -0.39 is 59.7 Å². The van der Waals surface area contributed by atoms with Crippen molar-refractivity contribution in [2.24, 2.45) is 11.8 Å². The number of nitrogens with one attached hydrogen (secondary N) is 1. The van der Waals surface area contributed by atoms with Gasteiger partial charge in [0.05, 0.1) is 17.8 Å². The summed E-state index contributed by atoms with van der Waals surface area (Å²) >= 11 is 0. The molecule has 0 aromatic heterocycles. The molecule has 1 amide bonds. The number of nitrogens with zero attached hydrogens (tertiary/aromatic N) is 1. The zero-order valence-corrected chi connectivity index (χ0v) is 23.5. The molecular formula is C28H37F3N2O10. The van der Waals surface area contributed by atoms with Crippen LogP contribution in [0.3, 0.4) is 0 Å². The minimum Gasteiger partial charge on any atom is -0.491 e. The summed E-state index contributed by atoms with van der Waals surface area (Å²) in [6.07, 6.45) is 0.988. The number of ether oxygens (including phenoxy) is 2. The van der Waals surface area contributed by atoms with Crippen molar-refractivity contribution in [1.82, 2.24) is 5.32 Å². The summed E-state index contributed by atoms with van der Waals surface area (Å²) in [4.78, 5) is 37.9. The highest BCUT2D eigenvalue weighted by Gasteiger charge is 2.39. The number of benzene rings is 1. The predicted octanol–water partition coefficient (Wildman–Crippen LogP) is 2.73. The fourth-order valence-corrected chi connectivity index (χ4v) is 4.47. The standard InChI is InChI=1S/C28H37F3N2O10/c1-18(27(38)41-13-14-43-33(39)40)32-26(37)10-5-3-2-4-9-22-23(25(36)16-24(22)35)12-11-20(34)17-42-21-8-6-7-19(15-21)28(29,30)31/h2,4,6-8,11-12,15,18,20,22-25,34-36H,3,5,9-10,13-14,16-17H2,1H3,(H,32,37)/b4-2-,12-11+/t18?,20-,22-,23-,24+,25-/m1/s1. The summed E-state index contributed by atoms with van der Waals surface area (Å²) < 4.78 is 48.6. The molecule has 12 nitrogen and oxygen atoms in total. The van der Waals surface area contributed by atoms with Crippen molar-refractivity contribution < 1.29 is 57.5 Å². The fraction of sp³-hybridized carbons (Fsp3) is 0.571. The van der Waals surface area contributed by atoms with Crippen LogP contribution in [-0.2, 0) is 25.3 Å². The Labute approximate surface area is 246 Å². The van der Waals surface area contributed by atoms with Crippen molar-refractivity contribution in [3.63, 3.8) is 0 Å². The molecule has 0 spiro atoms. The first-order chi connectivity index (χ1) is 20.3. The quantitative estimate of drug-likeness (QED) is 0.0667. The highest BCUT2D eigenvalue weighted by Crippen LogP contribution is 2.36. The van der Waals surface area contributed by atoms with E-state index in [0.717, 1.165) is 12.1 Å². The zero-order valence-electron chi connectivity index (χ0n) is 23.5. The largest absolute Gasteiger partial charge is 0.491 e. The molecule has 0 radical (unpaired) electrons. The monoisotopic (exact) mass is 618 g/mol. The van der Waals surface area contributed by atoms with E-state index in [1.165, 1.54) is 25.1 Å². The maximum absolute atomic E-state index is 12.9. The number of carbonyl (C=O) groups excluding carboxylic acids is 2. The van der Waals surface area contributed by atoms with E-state index in [1.54, 1.807) is 6.08 Å². The number of amides is 1. The Morgan fingerprint density at radius 1 is 1.21 bits per heavy atom. The van der Waals surface area contributed by atoms with Gasteiger partial charge in [-0.1, -0.05) is 30.4 Å². The lowest BCUT2D eigenvalue weighted by Crippen LogP contribution is -2.39. The van der Waals surface area contributed by atoms with Crippen LogP contribution < -0.4 is 10.1 Å². The second kappa shape index (κ2) is 17.4. The average Bonchev–Trinajstić information content (AvgIpc) is 3.21. The van der Waals surface area contributed by atoms with Crippen molar-refractivity contribution in [1.29, 1.82) is 0 Å². The van der Waals surface area contributed by atoms with Gasteiger partial charge in [0.15, 0.2) is 0 Å². The molecule has 1 fully saturated rings. The number of esters is 1. The third-order valence-electron chi connectivity index (χ3n) is 6.66. The van der Waals surface area contributed by atoms with E-state index in [-0.39, 0.29) is 43.6 Å². The summed E-state index contributed by atoms with van der Waals surface area (Å²) in [7, 11) is 0. The molecule has 0 aliphatic heterocycles. The molecule has 43 heavy (non-hydrogen) atoms. The molecule has 1 aromatic rings. The number of hydrogen-bond acceptors (Lipinski definition) is 10. The van der Waals surface area contributed by atoms with Gasteiger partial charge in [0.25, 0.3) is 5.09 Å². The first kappa shape index (κ1) is 35.5. The Bertz CT molecular complexity index is 1110. The van der Waals surface area contributed by atoms with Crippen LogP contribution in [0.25, 0.3) is 0 Å². The maximum atomic E-state index is 12.9. The third-order valence-corrected chi connectivity index (χ3v) is 6.66. The van der Waals surface area contributed by atoms with E-state index in [0.29, 0.717) is 19.3 Å². The third kappa shape index (κ3) is 13.0. The molecular weight excluding hydrogens is 581 g/mol. The predicted molar refractivity (Wildman–Crippen MR) is 145 cm³/mol. The molecule has 15 heteroatoms. The number of alkyl halides is 3. The summed E-state index contributed by atoms with van der Waals surface area (Å²) in [6.45, 7) is 0.374. The van der Waals surface area contributed by atoms with Gasteiger partial charge in [-0.3, -0.25) is 4.79 Å². The highest BCUT2D eigenvalue weighted by molar-refractivity contribution is 5.84. The van der Waals surface area contributed by atoms with Crippen molar-refractivity contribution in [3.8, 4) is 5.75 Å². The van der Waals surface area contributed by atoms with Crippen LogP contribution in [0, 0.1) is 22.0 Å². The summed E-state index contributed by atoms with van der Waals surface area (Å²) in [6, 6.07) is 3.35. The molecule has 0 bridgehead atoms. The number of carbonyl (C=O) groups is 2. The van der Waals surface area contributed by atoms with E-state index in [1.807, 2.05) is 12.2 Å². The normalized spacial score (nSPS) is 21.9. The molecule has 240 valence electrons. The lowest BCUT2D eigenvalue weighted by atomic mass is 9.89. The van der Waals surface area contributed by atoms with Gasteiger partial charge in [-0.05, 0) is 50.3 Å². The SMILES string of the molecule is CC(NC(=O)CCC/C=C\C[C@@H]1[C@@H](/C=C/[C@@H](O)COc2cccc(C(F)(F)F)c2)[C@H](O)C[C@@H]1O)C(=O)OCCO[N+](=O)[O-]. The molecule has 1 aliphatic rings. The molecule has 4 N–H and O–H groups in total. The first-order valence-corrected chi connectivity index (χ1v) is 13.7. The van der Waals surface area contributed by atoms with Crippen LogP contribution in [0.4, 0.5) is 13.2 Å². The lowest BCUT2D eigenvalue weighted by Gasteiger charge is -2.19. The van der Waals surface area contributed by atoms with Crippen molar-refractivity contribution in [2.45, 2.75) is 69.6 Å². The Hall–Kier alpha value is -3.69. The minimum absolute atomic E-state index is 0.0472. The Morgan fingerprint density at radius 2 is 1.95 bits per heavy atom. The van der Waals surface area contributed by atoms with Gasteiger partial charge in [-0.15, -0.1) is 10.1 Å². The molecule has 1 aliphatic carbocycles. The Morgan fingerprint density at radius 3 is 2.65 bits per heavy atom. The lowest BCUT2D eigenvalue weighted by molar-refractivity contribution is -0.757. The smallest absolute Gasteiger partial charge is 0.416 e. The molecule has 1 aromatic carbocycles. The van der Waals surface area contributed by atoms with Crippen LogP contribution in [0.5, 0.6) is 5.75 Å². The maximum Gasteiger partial charge on any atom is 0.416 e. The van der Waals surface area contributed by atoms with E-state index >= 15 is 0 Å². The second-order valence-electron chi connectivity index (χ2n) is 10.0. The van der Waals surface area contributed by atoms with Crippen LogP contribution in [0.15, 0.2) is 48.6 Å². The van der Waals surface area contributed by atoms with Crippen molar-refractivity contribution >= 4 is 11.9 Å². The van der Waals surface area contributed by atoms with Crippen LogP contribution in [-0.4, -0.2) is 76.5 Å². The molecule has 1 unspecified atom stereocenters. The van der Waals surface area contributed by atoms with Crippen LogP contribution in [0.2, 0.25) is 0 Å². The molecule has 1 saturated carbocycles.